The number of rotatable bonds is 4. The van der Waals surface area contributed by atoms with Crippen molar-refractivity contribution in [3.05, 3.63) is 59.8 Å². The molecule has 0 spiro atoms. The van der Waals surface area contributed by atoms with E-state index in [4.69, 9.17) is 4.74 Å². The van der Waals surface area contributed by atoms with Crippen LogP contribution in [-0.2, 0) is 11.3 Å². The molecule has 1 aliphatic heterocycles. The van der Waals surface area contributed by atoms with Gasteiger partial charge in [-0.25, -0.2) is 4.79 Å². The fraction of sp³-hybridized carbons (Fsp3) is 0.476. The largest absolute Gasteiger partial charge is 0.443 e. The number of hydrogen-bond donors (Lipinski definition) is 0. The average Bonchev–Trinajstić information content (AvgIpc) is 2.52. The van der Waals surface area contributed by atoms with Crippen LogP contribution in [0.4, 0.5) is 4.79 Å². The molecule has 0 fully saturated rings. The highest BCUT2D eigenvalue weighted by molar-refractivity contribution is 5.72. The van der Waals surface area contributed by atoms with Gasteiger partial charge in [0.1, 0.15) is 5.60 Å². The monoisotopic (exact) mass is 327 g/mol. The minimum atomic E-state index is -0.502. The Balaban J connectivity index is 2.45. The van der Waals surface area contributed by atoms with Crippen molar-refractivity contribution in [1.82, 2.24) is 4.90 Å². The molecule has 3 nitrogen and oxygen atoms in total. The van der Waals surface area contributed by atoms with Crippen LogP contribution in [0, 0.1) is 0 Å². The van der Waals surface area contributed by atoms with E-state index >= 15 is 0 Å². The molecule has 2 rings (SSSR count). The fourth-order valence-corrected chi connectivity index (χ4v) is 3.07. The molecule has 130 valence electrons. The van der Waals surface area contributed by atoms with E-state index in [0.717, 1.165) is 25.0 Å². The molecular weight excluding hydrogens is 298 g/mol. The zero-order chi connectivity index (χ0) is 17.7. The van der Waals surface area contributed by atoms with Crippen molar-refractivity contribution in [3.8, 4) is 0 Å². The molecule has 0 bridgehead atoms. The quantitative estimate of drug-likeness (QED) is 0.656. The summed E-state index contributed by atoms with van der Waals surface area (Å²) in [5, 5.41) is 0. The van der Waals surface area contributed by atoms with E-state index in [0.29, 0.717) is 6.54 Å². The third kappa shape index (κ3) is 4.28. The van der Waals surface area contributed by atoms with E-state index in [1.807, 2.05) is 32.9 Å². The second-order valence-electron chi connectivity index (χ2n) is 7.26. The van der Waals surface area contributed by atoms with Gasteiger partial charge in [0.05, 0.1) is 6.54 Å². The van der Waals surface area contributed by atoms with Gasteiger partial charge in [-0.05, 0) is 44.7 Å². The Morgan fingerprint density at radius 2 is 2.08 bits per heavy atom. The molecule has 0 radical (unpaired) electrons. The maximum Gasteiger partial charge on any atom is 0.414 e. The molecule has 0 aliphatic carbocycles. The van der Waals surface area contributed by atoms with Gasteiger partial charge in [0.2, 0.25) is 0 Å². The summed E-state index contributed by atoms with van der Waals surface area (Å²) in [6, 6.07) is 8.35. The van der Waals surface area contributed by atoms with Crippen molar-refractivity contribution >= 4 is 6.09 Å². The van der Waals surface area contributed by atoms with Gasteiger partial charge in [0, 0.05) is 11.6 Å². The maximum atomic E-state index is 12.8. The Labute approximate surface area is 146 Å². The number of allylic oxidation sites excluding steroid dienone is 3. The number of nitrogens with zero attached hydrogens (tertiary/aromatic N) is 1. The summed E-state index contributed by atoms with van der Waals surface area (Å²) < 4.78 is 5.65. The lowest BCUT2D eigenvalue weighted by Crippen LogP contribution is -2.40. The summed E-state index contributed by atoms with van der Waals surface area (Å²) in [5.74, 6) is 0.159. The highest BCUT2D eigenvalue weighted by Crippen LogP contribution is 2.39. The van der Waals surface area contributed by atoms with Gasteiger partial charge in [-0.15, -0.1) is 6.58 Å². The zero-order valence-electron chi connectivity index (χ0n) is 15.3. The lowest BCUT2D eigenvalue weighted by Gasteiger charge is -2.38. The van der Waals surface area contributed by atoms with Crippen LogP contribution in [0.15, 0.2) is 48.7 Å². The molecule has 0 N–H and O–H groups in total. The summed E-state index contributed by atoms with van der Waals surface area (Å²) in [7, 11) is 0. The van der Waals surface area contributed by atoms with E-state index in [1.165, 1.54) is 11.1 Å². The second-order valence-corrected chi connectivity index (χ2v) is 7.26. The third-order valence-corrected chi connectivity index (χ3v) is 4.09. The molecule has 1 aliphatic rings. The standard InChI is InChI=1S/C21H29NO2/c1-6-8-14-19-18(11-7-2)17-13-10-9-12-16(17)15-22(19)20(23)24-21(3,4)5/h7,9-10,12-14,18H,2,6,8,11,15H2,1,3-5H3/b19-14-. The summed E-state index contributed by atoms with van der Waals surface area (Å²) in [6.45, 7) is 12.3. The predicted octanol–water partition coefficient (Wildman–Crippen LogP) is 5.78. The summed E-state index contributed by atoms with van der Waals surface area (Å²) in [6.07, 6.45) is 6.66. The van der Waals surface area contributed by atoms with E-state index in [2.05, 4.69) is 37.8 Å². The molecule has 1 aromatic carbocycles. The molecule has 24 heavy (non-hydrogen) atoms. The molecule has 0 saturated heterocycles. The molecule has 3 heteroatoms. The summed E-state index contributed by atoms with van der Waals surface area (Å²) >= 11 is 0. The van der Waals surface area contributed by atoms with Crippen molar-refractivity contribution in [3.63, 3.8) is 0 Å². The first-order chi connectivity index (χ1) is 11.4. The van der Waals surface area contributed by atoms with Crippen LogP contribution in [0.5, 0.6) is 0 Å². The lowest BCUT2D eigenvalue weighted by molar-refractivity contribution is 0.0278. The fourth-order valence-electron chi connectivity index (χ4n) is 3.07. The van der Waals surface area contributed by atoms with Crippen LogP contribution < -0.4 is 0 Å². The van der Waals surface area contributed by atoms with Crippen LogP contribution in [0.3, 0.4) is 0 Å². The molecule has 1 aromatic rings. The third-order valence-electron chi connectivity index (χ3n) is 4.09. The van der Waals surface area contributed by atoms with E-state index in [9.17, 15) is 4.79 Å². The number of ether oxygens (including phenoxy) is 1. The first kappa shape index (κ1) is 18.3. The lowest BCUT2D eigenvalue weighted by atomic mass is 9.84. The minimum Gasteiger partial charge on any atom is -0.443 e. The number of benzene rings is 1. The molecule has 1 heterocycles. The molecule has 0 saturated carbocycles. The number of carbonyl (C=O) groups excluding carboxylic acids is 1. The van der Waals surface area contributed by atoms with Gasteiger partial charge in [-0.2, -0.15) is 0 Å². The first-order valence-corrected chi connectivity index (χ1v) is 8.76. The zero-order valence-corrected chi connectivity index (χ0v) is 15.3. The molecule has 1 atom stereocenters. The van der Waals surface area contributed by atoms with E-state index in [1.54, 1.807) is 4.90 Å². The molecule has 0 aromatic heterocycles. The normalized spacial score (nSPS) is 19.1. The predicted molar refractivity (Wildman–Crippen MR) is 98.8 cm³/mol. The van der Waals surface area contributed by atoms with Crippen LogP contribution >= 0.6 is 0 Å². The SMILES string of the molecule is C=CCC1/C(=C/CCC)N(C(=O)OC(C)(C)C)Cc2ccccc21. The average molecular weight is 327 g/mol. The van der Waals surface area contributed by atoms with Gasteiger partial charge < -0.3 is 4.74 Å². The minimum absolute atomic E-state index is 0.159. The highest BCUT2D eigenvalue weighted by Gasteiger charge is 2.34. The van der Waals surface area contributed by atoms with Crippen molar-refractivity contribution < 1.29 is 9.53 Å². The number of carbonyl (C=O) groups is 1. The topological polar surface area (TPSA) is 29.5 Å². The first-order valence-electron chi connectivity index (χ1n) is 8.76. The van der Waals surface area contributed by atoms with Crippen molar-refractivity contribution in [2.24, 2.45) is 0 Å². The van der Waals surface area contributed by atoms with Crippen LogP contribution in [0.2, 0.25) is 0 Å². The summed E-state index contributed by atoms with van der Waals surface area (Å²) in [5.41, 5.74) is 3.02. The maximum absolute atomic E-state index is 12.8. The van der Waals surface area contributed by atoms with Crippen molar-refractivity contribution in [2.45, 2.75) is 65.0 Å². The van der Waals surface area contributed by atoms with E-state index in [-0.39, 0.29) is 12.0 Å². The van der Waals surface area contributed by atoms with Gasteiger partial charge >= 0.3 is 6.09 Å². The van der Waals surface area contributed by atoms with E-state index < -0.39 is 5.60 Å². The Hall–Kier alpha value is -2.03. The smallest absolute Gasteiger partial charge is 0.414 e. The second kappa shape index (κ2) is 7.69. The van der Waals surface area contributed by atoms with Crippen LogP contribution in [-0.4, -0.2) is 16.6 Å². The van der Waals surface area contributed by atoms with Crippen LogP contribution in [0.25, 0.3) is 0 Å². The number of unbranched alkanes of at least 4 members (excludes halogenated alkanes) is 1. The number of fused-ring (bicyclic) bond motifs is 1. The Morgan fingerprint density at radius 1 is 1.38 bits per heavy atom. The highest BCUT2D eigenvalue weighted by atomic mass is 16.6. The molecule has 1 amide bonds. The van der Waals surface area contributed by atoms with Crippen LogP contribution in [0.1, 0.15) is 64.0 Å². The Morgan fingerprint density at radius 3 is 2.71 bits per heavy atom. The molecule has 1 unspecified atom stereocenters. The Kier molecular flexibility index (Phi) is 5.87. The van der Waals surface area contributed by atoms with Gasteiger partial charge in [-0.3, -0.25) is 4.90 Å². The van der Waals surface area contributed by atoms with Crippen molar-refractivity contribution in [1.29, 1.82) is 0 Å². The van der Waals surface area contributed by atoms with Crippen molar-refractivity contribution in [2.75, 3.05) is 0 Å². The number of hydrogen-bond acceptors (Lipinski definition) is 2. The molecular formula is C21H29NO2. The Bertz CT molecular complexity index is 625. The van der Waals surface area contributed by atoms with Gasteiger partial charge in [0.15, 0.2) is 0 Å². The summed E-state index contributed by atoms with van der Waals surface area (Å²) in [4.78, 5) is 14.6. The van der Waals surface area contributed by atoms with Gasteiger partial charge in [0.25, 0.3) is 0 Å². The number of amides is 1. The van der Waals surface area contributed by atoms with Gasteiger partial charge in [-0.1, -0.05) is 49.8 Å².